The Bertz CT molecular complexity index is 731. The Morgan fingerprint density at radius 2 is 1.92 bits per heavy atom. The van der Waals surface area contributed by atoms with Gasteiger partial charge in [0.25, 0.3) is 0 Å². The minimum atomic E-state index is -0.525. The molecule has 1 saturated heterocycles. The van der Waals surface area contributed by atoms with Crippen molar-refractivity contribution in [3.05, 3.63) is 23.2 Å². The summed E-state index contributed by atoms with van der Waals surface area (Å²) in [6.07, 6.45) is 6.29. The monoisotopic (exact) mass is 363 g/mol. The highest BCUT2D eigenvalue weighted by Gasteiger charge is 2.46. The number of allylic oxidation sites excluding steroid dienone is 2. The van der Waals surface area contributed by atoms with Gasteiger partial charge in [0.05, 0.1) is 25.1 Å². The van der Waals surface area contributed by atoms with E-state index in [0.717, 1.165) is 11.3 Å². The lowest BCUT2D eigenvalue weighted by Gasteiger charge is -2.14. The number of methoxy groups -OCH3 is 1. The Morgan fingerprint density at radius 1 is 1.28 bits per heavy atom. The van der Waals surface area contributed by atoms with Crippen molar-refractivity contribution < 1.29 is 23.9 Å². The van der Waals surface area contributed by atoms with Crippen molar-refractivity contribution in [1.29, 1.82) is 0 Å². The van der Waals surface area contributed by atoms with Crippen LogP contribution in [0.1, 0.15) is 28.9 Å². The lowest BCUT2D eigenvalue weighted by atomic mass is 9.85. The third-order valence-corrected chi connectivity index (χ3v) is 5.19. The van der Waals surface area contributed by atoms with Crippen LogP contribution in [0, 0.1) is 11.8 Å². The van der Waals surface area contributed by atoms with Crippen LogP contribution >= 0.6 is 11.3 Å². The first kappa shape index (κ1) is 17.3. The van der Waals surface area contributed by atoms with E-state index in [2.05, 4.69) is 15.0 Å². The second-order valence-electron chi connectivity index (χ2n) is 5.80. The smallest absolute Gasteiger partial charge is 0.349 e. The second kappa shape index (κ2) is 7.14. The molecule has 132 valence electrons. The second-order valence-corrected chi connectivity index (χ2v) is 6.83. The molecule has 1 aromatic rings. The molecule has 1 aliphatic carbocycles. The number of aromatic nitrogens is 1. The molecule has 9 heteroatoms. The molecule has 0 bridgehead atoms. The van der Waals surface area contributed by atoms with Gasteiger partial charge >= 0.3 is 5.97 Å². The van der Waals surface area contributed by atoms with Gasteiger partial charge in [-0.05, 0) is 12.8 Å². The zero-order chi connectivity index (χ0) is 18.0. The first-order valence-electron chi connectivity index (χ1n) is 7.85. The molecule has 1 aromatic heterocycles. The largest absolute Gasteiger partial charge is 0.465 e. The summed E-state index contributed by atoms with van der Waals surface area (Å²) in [5.74, 6) is -1.88. The van der Waals surface area contributed by atoms with Crippen molar-refractivity contribution in [3.8, 4) is 0 Å². The Balaban J connectivity index is 1.54. The molecular weight excluding hydrogens is 346 g/mol. The van der Waals surface area contributed by atoms with Crippen molar-refractivity contribution in [2.75, 3.05) is 19.0 Å². The average Bonchev–Trinajstić information content (AvgIpc) is 3.17. The van der Waals surface area contributed by atoms with Crippen molar-refractivity contribution in [1.82, 2.24) is 9.88 Å². The van der Waals surface area contributed by atoms with E-state index in [1.165, 1.54) is 18.2 Å². The van der Waals surface area contributed by atoms with E-state index in [9.17, 15) is 19.2 Å². The molecule has 0 unspecified atom stereocenters. The summed E-state index contributed by atoms with van der Waals surface area (Å²) >= 11 is 0.996. The van der Waals surface area contributed by atoms with E-state index >= 15 is 0 Å². The summed E-state index contributed by atoms with van der Waals surface area (Å²) in [6, 6.07) is 0. The summed E-state index contributed by atoms with van der Waals surface area (Å²) in [5, 5.41) is 2.82. The fourth-order valence-electron chi connectivity index (χ4n) is 3.01. The van der Waals surface area contributed by atoms with Crippen molar-refractivity contribution >= 4 is 40.2 Å². The molecule has 3 rings (SSSR count). The van der Waals surface area contributed by atoms with Crippen LogP contribution in [-0.2, 0) is 19.1 Å². The molecule has 1 aliphatic heterocycles. The molecule has 0 saturated carbocycles. The molecule has 2 atom stereocenters. The SMILES string of the molecule is COC(=O)c1cnc(NC(=O)CCN2C(=O)[C@H]3CC=CC[C@H]3C2=O)s1. The fourth-order valence-corrected chi connectivity index (χ4v) is 3.76. The third kappa shape index (κ3) is 3.46. The van der Waals surface area contributed by atoms with Gasteiger partial charge in [-0.1, -0.05) is 23.5 Å². The van der Waals surface area contributed by atoms with Gasteiger partial charge in [0.2, 0.25) is 17.7 Å². The highest BCUT2D eigenvalue weighted by Crippen LogP contribution is 2.35. The number of ether oxygens (including phenoxy) is 1. The summed E-state index contributed by atoms with van der Waals surface area (Å²) in [7, 11) is 1.26. The van der Waals surface area contributed by atoms with E-state index in [1.54, 1.807) is 0 Å². The number of rotatable bonds is 5. The van der Waals surface area contributed by atoms with E-state index in [1.807, 2.05) is 12.2 Å². The quantitative estimate of drug-likeness (QED) is 0.479. The molecule has 2 heterocycles. The normalized spacial score (nSPS) is 22.0. The van der Waals surface area contributed by atoms with Gasteiger partial charge in [-0.25, -0.2) is 9.78 Å². The van der Waals surface area contributed by atoms with E-state index in [4.69, 9.17) is 0 Å². The maximum Gasteiger partial charge on any atom is 0.349 e. The van der Waals surface area contributed by atoms with Crippen LogP contribution < -0.4 is 5.32 Å². The van der Waals surface area contributed by atoms with Crippen molar-refractivity contribution in [2.24, 2.45) is 11.8 Å². The molecule has 8 nitrogen and oxygen atoms in total. The maximum absolute atomic E-state index is 12.3. The summed E-state index contributed by atoms with van der Waals surface area (Å²) in [6.45, 7) is 0.0474. The molecular formula is C16H17N3O5S. The Morgan fingerprint density at radius 3 is 2.52 bits per heavy atom. The Labute approximate surface area is 147 Å². The van der Waals surface area contributed by atoms with Crippen molar-refractivity contribution in [3.63, 3.8) is 0 Å². The number of likely N-dealkylation sites (tertiary alicyclic amines) is 1. The Kier molecular flexibility index (Phi) is 4.93. The standard InChI is InChI=1S/C16H17N3O5S/c1-24-15(23)11-8-17-16(25-11)18-12(20)6-7-19-13(21)9-4-2-3-5-10(9)14(19)22/h2-3,8-10H,4-7H2,1H3,(H,17,18,20)/t9-,10+. The maximum atomic E-state index is 12.3. The number of nitrogens with one attached hydrogen (secondary N) is 1. The highest BCUT2D eigenvalue weighted by molar-refractivity contribution is 7.17. The molecule has 25 heavy (non-hydrogen) atoms. The van der Waals surface area contributed by atoms with Gasteiger partial charge in [0.1, 0.15) is 4.88 Å². The van der Waals surface area contributed by atoms with Gasteiger partial charge in [0.15, 0.2) is 5.13 Å². The van der Waals surface area contributed by atoms with Crippen molar-refractivity contribution in [2.45, 2.75) is 19.3 Å². The first-order chi connectivity index (χ1) is 12.0. The summed E-state index contributed by atoms with van der Waals surface area (Å²) in [4.78, 5) is 53.4. The predicted octanol–water partition coefficient (Wildman–Crippen LogP) is 1.21. The van der Waals surface area contributed by atoms with Gasteiger partial charge in [-0.15, -0.1) is 0 Å². The van der Waals surface area contributed by atoms with Gasteiger partial charge in [-0.3, -0.25) is 19.3 Å². The Hall–Kier alpha value is -2.55. The molecule has 1 fully saturated rings. The number of imide groups is 1. The number of carbonyl (C=O) groups is 4. The van der Waals surface area contributed by atoms with Gasteiger partial charge in [-0.2, -0.15) is 0 Å². The van der Waals surface area contributed by atoms with Crippen LogP contribution in [0.4, 0.5) is 5.13 Å². The predicted molar refractivity (Wildman–Crippen MR) is 88.8 cm³/mol. The lowest BCUT2D eigenvalue weighted by molar-refractivity contribution is -0.140. The number of hydrogen-bond acceptors (Lipinski definition) is 7. The van der Waals surface area contributed by atoms with Crippen LogP contribution in [-0.4, -0.2) is 47.2 Å². The minimum absolute atomic E-state index is 0.0164. The number of amides is 3. The number of hydrogen-bond donors (Lipinski definition) is 1. The molecule has 0 aromatic carbocycles. The molecule has 3 amide bonds. The topological polar surface area (TPSA) is 106 Å². The summed E-state index contributed by atoms with van der Waals surface area (Å²) < 4.78 is 4.57. The lowest BCUT2D eigenvalue weighted by Crippen LogP contribution is -2.34. The minimum Gasteiger partial charge on any atom is -0.465 e. The van der Waals surface area contributed by atoms with E-state index < -0.39 is 5.97 Å². The number of nitrogens with zero attached hydrogens (tertiary/aromatic N) is 2. The van der Waals surface area contributed by atoms with Crippen LogP contribution in [0.25, 0.3) is 0 Å². The van der Waals surface area contributed by atoms with Crippen LogP contribution in [0.15, 0.2) is 18.3 Å². The number of carbonyl (C=O) groups excluding carboxylic acids is 4. The average molecular weight is 363 g/mol. The van der Waals surface area contributed by atoms with Gasteiger partial charge < -0.3 is 10.1 Å². The zero-order valence-corrected chi connectivity index (χ0v) is 14.4. The van der Waals surface area contributed by atoms with E-state index in [-0.39, 0.29) is 52.5 Å². The van der Waals surface area contributed by atoms with Crippen LogP contribution in [0.2, 0.25) is 0 Å². The number of fused-ring (bicyclic) bond motifs is 1. The van der Waals surface area contributed by atoms with Crippen LogP contribution in [0.3, 0.4) is 0 Å². The van der Waals surface area contributed by atoms with Crippen LogP contribution in [0.5, 0.6) is 0 Å². The first-order valence-corrected chi connectivity index (χ1v) is 8.67. The molecule has 2 aliphatic rings. The van der Waals surface area contributed by atoms with Gasteiger partial charge in [0, 0.05) is 13.0 Å². The number of anilines is 1. The van der Waals surface area contributed by atoms with E-state index in [0.29, 0.717) is 12.8 Å². The molecule has 1 N–H and O–H groups in total. The highest BCUT2D eigenvalue weighted by atomic mass is 32.1. The fraction of sp³-hybridized carbons (Fsp3) is 0.438. The number of esters is 1. The zero-order valence-electron chi connectivity index (χ0n) is 13.6. The molecule has 0 spiro atoms. The summed E-state index contributed by atoms with van der Waals surface area (Å²) in [5.41, 5.74) is 0. The third-order valence-electron chi connectivity index (χ3n) is 4.30. The number of thiazole rings is 1. The molecule has 0 radical (unpaired) electrons.